The number of nitrogen functional groups attached to an aromatic ring is 2. The van der Waals surface area contributed by atoms with Crippen LogP contribution in [0.2, 0.25) is 0 Å². The van der Waals surface area contributed by atoms with Gasteiger partial charge in [0.15, 0.2) is 11.6 Å². The lowest BCUT2D eigenvalue weighted by Gasteiger charge is -2.40. The molecule has 0 aromatic heterocycles. The van der Waals surface area contributed by atoms with E-state index in [4.69, 9.17) is 27.8 Å². The number of anilines is 2. The van der Waals surface area contributed by atoms with E-state index in [0.717, 1.165) is 38.5 Å². The average molecular weight is 453 g/mol. The molecule has 5 rings (SSSR count). The number of fused-ring (bicyclic) bond motifs is 3. The van der Waals surface area contributed by atoms with E-state index in [1.165, 1.54) is 6.07 Å². The molecule has 2 unspecified atom stereocenters. The summed E-state index contributed by atoms with van der Waals surface area (Å²) >= 11 is 6.32. The van der Waals surface area contributed by atoms with E-state index in [1.54, 1.807) is 24.3 Å². The Morgan fingerprint density at radius 3 is 2.25 bits per heavy atom. The maximum absolute atomic E-state index is 13.1. The summed E-state index contributed by atoms with van der Waals surface area (Å²) in [7, 11) is 0. The van der Waals surface area contributed by atoms with Crippen molar-refractivity contribution in [3.05, 3.63) is 58.1 Å². The highest BCUT2D eigenvalue weighted by Crippen LogP contribution is 2.43. The number of nitrogens with two attached hydrogens (primary N) is 2. The van der Waals surface area contributed by atoms with Crippen LogP contribution in [0, 0.1) is 11.8 Å². The van der Waals surface area contributed by atoms with Gasteiger partial charge in [0.2, 0.25) is 0 Å². The zero-order valence-electron chi connectivity index (χ0n) is 17.6. The lowest BCUT2D eigenvalue weighted by Crippen LogP contribution is -2.35. The number of alkyl halides is 1. The van der Waals surface area contributed by atoms with Crippen LogP contribution in [-0.2, 0) is 4.74 Å². The molecule has 0 saturated heterocycles. The summed E-state index contributed by atoms with van der Waals surface area (Å²) in [6.07, 6.45) is 5.44. The number of carbonyl (C=O) groups excluding carboxylic acids is 3. The Balaban J connectivity index is 1.42. The van der Waals surface area contributed by atoms with Gasteiger partial charge in [0.25, 0.3) is 0 Å². The van der Waals surface area contributed by atoms with E-state index in [-0.39, 0.29) is 56.5 Å². The number of hydrogen-bond donors (Lipinski definition) is 2. The molecule has 166 valence electrons. The minimum Gasteiger partial charge on any atom is -0.459 e. The second-order valence-electron chi connectivity index (χ2n) is 9.15. The third kappa shape index (κ3) is 3.37. The number of carbonyl (C=O) groups is 3. The van der Waals surface area contributed by atoms with E-state index in [2.05, 4.69) is 0 Å². The molecule has 4 N–H and O–H groups in total. The van der Waals surface area contributed by atoms with Crippen LogP contribution >= 0.6 is 11.6 Å². The van der Waals surface area contributed by atoms with Crippen LogP contribution in [0.3, 0.4) is 0 Å². The largest absolute Gasteiger partial charge is 0.459 e. The SMILES string of the molecule is Nc1cc(C(=O)O[C@@H]2CC[C@@H]3CC(Cl)CCC3C2)c(N)c2c1C(=O)c1ccccc1C2=O. The molecule has 4 atom stereocenters. The molecule has 3 aliphatic rings. The predicted molar refractivity (Wildman–Crippen MR) is 122 cm³/mol. The molecule has 2 aromatic rings. The second kappa shape index (κ2) is 7.93. The van der Waals surface area contributed by atoms with Gasteiger partial charge in [-0.25, -0.2) is 4.79 Å². The van der Waals surface area contributed by atoms with Gasteiger partial charge in [0, 0.05) is 22.2 Å². The fraction of sp³-hybridized carbons (Fsp3) is 0.400. The highest BCUT2D eigenvalue weighted by atomic mass is 35.5. The van der Waals surface area contributed by atoms with Crippen LogP contribution in [0.15, 0.2) is 30.3 Å². The van der Waals surface area contributed by atoms with Gasteiger partial charge < -0.3 is 16.2 Å². The molecule has 0 aliphatic heterocycles. The van der Waals surface area contributed by atoms with Gasteiger partial charge >= 0.3 is 5.97 Å². The summed E-state index contributed by atoms with van der Waals surface area (Å²) in [4.78, 5) is 39.1. The first-order chi connectivity index (χ1) is 15.3. The predicted octanol–water partition coefficient (Wildman–Crippen LogP) is 4.36. The fourth-order valence-corrected chi connectivity index (χ4v) is 5.98. The average Bonchev–Trinajstić information content (AvgIpc) is 2.78. The highest BCUT2D eigenvalue weighted by Gasteiger charge is 2.38. The van der Waals surface area contributed by atoms with Gasteiger partial charge in [-0.3, -0.25) is 9.59 Å². The zero-order chi connectivity index (χ0) is 22.6. The van der Waals surface area contributed by atoms with Crippen LogP contribution in [-0.4, -0.2) is 29.0 Å². The molecule has 0 bridgehead atoms. The Hall–Kier alpha value is -2.86. The molecule has 6 nitrogen and oxygen atoms in total. The van der Waals surface area contributed by atoms with Gasteiger partial charge in [-0.15, -0.1) is 11.6 Å². The molecule has 0 spiro atoms. The van der Waals surface area contributed by atoms with Crippen LogP contribution in [0.1, 0.15) is 80.7 Å². The van der Waals surface area contributed by atoms with E-state index in [1.807, 2.05) is 0 Å². The van der Waals surface area contributed by atoms with E-state index in [0.29, 0.717) is 11.8 Å². The minimum atomic E-state index is -0.606. The van der Waals surface area contributed by atoms with E-state index in [9.17, 15) is 14.4 Å². The number of ketones is 2. The Morgan fingerprint density at radius 1 is 0.906 bits per heavy atom. The molecule has 0 radical (unpaired) electrons. The van der Waals surface area contributed by atoms with Crippen LogP contribution in [0.5, 0.6) is 0 Å². The third-order valence-electron chi connectivity index (χ3n) is 7.26. The molecule has 7 heteroatoms. The van der Waals surface area contributed by atoms with Gasteiger partial charge in [-0.2, -0.15) is 0 Å². The standard InChI is InChI=1S/C25H25ClN2O4/c26-14-7-5-13-10-15(8-6-12(13)9-14)32-25(31)18-11-19(27)20-21(22(18)28)24(30)17-4-2-1-3-16(17)23(20)29/h1-4,11-15H,5-10,27-28H2/t12-,13?,14?,15-/m1/s1. The van der Waals surface area contributed by atoms with Gasteiger partial charge in [0.1, 0.15) is 6.10 Å². The summed E-state index contributed by atoms with van der Waals surface area (Å²) in [5.74, 6) is -0.280. The molecule has 3 aliphatic carbocycles. The summed E-state index contributed by atoms with van der Waals surface area (Å²) in [5.41, 5.74) is 13.0. The lowest BCUT2D eigenvalue weighted by atomic mass is 9.70. The number of benzene rings is 2. The molecule has 2 fully saturated rings. The Kier molecular flexibility index (Phi) is 5.20. The van der Waals surface area contributed by atoms with E-state index < -0.39 is 11.8 Å². The van der Waals surface area contributed by atoms with E-state index >= 15 is 0 Å². The first-order valence-electron chi connectivity index (χ1n) is 11.1. The van der Waals surface area contributed by atoms with Crippen molar-refractivity contribution < 1.29 is 19.1 Å². The number of esters is 1. The molecule has 0 heterocycles. The van der Waals surface area contributed by atoms with Crippen molar-refractivity contribution in [1.29, 1.82) is 0 Å². The van der Waals surface area contributed by atoms with Crippen molar-refractivity contribution >= 4 is 40.5 Å². The summed E-state index contributed by atoms with van der Waals surface area (Å²) in [5, 5.41) is 0.249. The summed E-state index contributed by atoms with van der Waals surface area (Å²) in [6.45, 7) is 0. The molecule has 2 aromatic carbocycles. The van der Waals surface area contributed by atoms with Gasteiger partial charge in [-0.05, 0) is 56.4 Å². The quantitative estimate of drug-likeness (QED) is 0.339. The molecule has 32 heavy (non-hydrogen) atoms. The summed E-state index contributed by atoms with van der Waals surface area (Å²) in [6, 6.07) is 7.90. The number of hydrogen-bond acceptors (Lipinski definition) is 6. The first-order valence-corrected chi connectivity index (χ1v) is 11.5. The van der Waals surface area contributed by atoms with Crippen LogP contribution in [0.4, 0.5) is 11.4 Å². The van der Waals surface area contributed by atoms with Crippen LogP contribution in [0.25, 0.3) is 0 Å². The molecule has 0 amide bonds. The van der Waals surface area contributed by atoms with Crippen molar-refractivity contribution in [2.24, 2.45) is 11.8 Å². The van der Waals surface area contributed by atoms with Gasteiger partial charge in [-0.1, -0.05) is 24.3 Å². The number of halogens is 1. The minimum absolute atomic E-state index is 0.00945. The van der Waals surface area contributed by atoms with Crippen molar-refractivity contribution in [2.75, 3.05) is 11.5 Å². The molecule has 2 saturated carbocycles. The van der Waals surface area contributed by atoms with Crippen molar-refractivity contribution in [3.63, 3.8) is 0 Å². The monoisotopic (exact) mass is 452 g/mol. The van der Waals surface area contributed by atoms with Gasteiger partial charge in [0.05, 0.1) is 22.4 Å². The Labute approximate surface area is 191 Å². The molecular weight excluding hydrogens is 428 g/mol. The Bertz CT molecular complexity index is 1150. The van der Waals surface area contributed by atoms with Crippen molar-refractivity contribution in [1.82, 2.24) is 0 Å². The smallest absolute Gasteiger partial charge is 0.340 e. The maximum Gasteiger partial charge on any atom is 0.340 e. The Morgan fingerprint density at radius 2 is 1.53 bits per heavy atom. The van der Waals surface area contributed by atoms with Crippen LogP contribution < -0.4 is 11.5 Å². The molecular formula is C25H25ClN2O4. The lowest BCUT2D eigenvalue weighted by molar-refractivity contribution is -0.000550. The second-order valence-corrected chi connectivity index (χ2v) is 9.77. The third-order valence-corrected chi connectivity index (χ3v) is 7.66. The fourth-order valence-electron chi connectivity index (χ4n) is 5.63. The first kappa shape index (κ1) is 21.0. The van der Waals surface area contributed by atoms with Crippen molar-refractivity contribution in [2.45, 2.75) is 50.0 Å². The zero-order valence-corrected chi connectivity index (χ0v) is 18.4. The van der Waals surface area contributed by atoms with Crippen molar-refractivity contribution in [3.8, 4) is 0 Å². The number of rotatable bonds is 2. The topological polar surface area (TPSA) is 112 Å². The number of ether oxygens (including phenoxy) is 1. The summed E-state index contributed by atoms with van der Waals surface area (Å²) < 4.78 is 5.81. The maximum atomic E-state index is 13.1. The highest BCUT2D eigenvalue weighted by molar-refractivity contribution is 6.32. The normalized spacial score (nSPS) is 26.7.